The van der Waals surface area contributed by atoms with E-state index in [9.17, 15) is 14.4 Å². The summed E-state index contributed by atoms with van der Waals surface area (Å²) in [5, 5.41) is 2.48. The fraction of sp³-hybridized carbons (Fsp3) is 0.609. The maximum Gasteiger partial charge on any atom is 0.320 e. The molecule has 0 bridgehead atoms. The van der Waals surface area contributed by atoms with Gasteiger partial charge in [0.2, 0.25) is 11.8 Å². The third kappa shape index (κ3) is 4.84. The Labute approximate surface area is 183 Å². The predicted octanol–water partition coefficient (Wildman–Crippen LogP) is 1.32. The highest BCUT2D eigenvalue weighted by Gasteiger charge is 2.36. The highest BCUT2D eigenvalue weighted by atomic mass is 16.6. The molecule has 1 unspecified atom stereocenters. The number of nitrogens with zero attached hydrogens (tertiary/aromatic N) is 3. The standard InChI is InChI=1S/C23H32N4O4/c1-23(2,3)31-21(29)15-25-11-13-26(14-12-25)17-5-4-6-18-16(17)9-10-27(18)19-7-8-20(28)24-22(19)30/h4-6,19H,7-15H2,1-3H3,(H,24,28,30). The second-order valence-corrected chi connectivity index (χ2v) is 9.53. The van der Waals surface area contributed by atoms with E-state index in [0.717, 1.165) is 44.8 Å². The van der Waals surface area contributed by atoms with Gasteiger partial charge in [-0.2, -0.15) is 0 Å². The molecule has 3 aliphatic heterocycles. The van der Waals surface area contributed by atoms with Gasteiger partial charge in [-0.25, -0.2) is 0 Å². The summed E-state index contributed by atoms with van der Waals surface area (Å²) in [6.07, 6.45) is 1.85. The molecule has 2 amide bonds. The SMILES string of the molecule is CC(C)(C)OC(=O)CN1CCN(c2cccc3c2CCN3C2CCC(=O)NC2=O)CC1. The number of benzene rings is 1. The van der Waals surface area contributed by atoms with E-state index in [0.29, 0.717) is 19.4 Å². The quantitative estimate of drug-likeness (QED) is 0.572. The monoisotopic (exact) mass is 428 g/mol. The number of hydrogen-bond donors (Lipinski definition) is 1. The number of ether oxygens (including phenoxy) is 1. The minimum Gasteiger partial charge on any atom is -0.459 e. The molecule has 0 saturated carbocycles. The van der Waals surface area contributed by atoms with Gasteiger partial charge in [-0.1, -0.05) is 6.07 Å². The Morgan fingerprint density at radius 2 is 1.77 bits per heavy atom. The summed E-state index contributed by atoms with van der Waals surface area (Å²) in [6, 6.07) is 6.00. The molecule has 2 saturated heterocycles. The highest BCUT2D eigenvalue weighted by Crippen LogP contribution is 2.38. The lowest BCUT2D eigenvalue weighted by molar-refractivity contribution is -0.156. The van der Waals surface area contributed by atoms with E-state index in [1.54, 1.807) is 0 Å². The lowest BCUT2D eigenvalue weighted by atomic mass is 10.0. The molecule has 4 rings (SSSR count). The number of anilines is 2. The number of imide groups is 1. The van der Waals surface area contributed by atoms with Gasteiger partial charge in [-0.15, -0.1) is 0 Å². The summed E-state index contributed by atoms with van der Waals surface area (Å²) in [4.78, 5) is 42.7. The van der Waals surface area contributed by atoms with E-state index in [-0.39, 0.29) is 23.8 Å². The molecule has 0 aromatic heterocycles. The number of carbonyl (C=O) groups excluding carboxylic acids is 3. The minimum absolute atomic E-state index is 0.179. The van der Waals surface area contributed by atoms with Crippen molar-refractivity contribution in [3.05, 3.63) is 23.8 Å². The molecule has 31 heavy (non-hydrogen) atoms. The number of piperazine rings is 1. The third-order valence-corrected chi connectivity index (χ3v) is 6.11. The van der Waals surface area contributed by atoms with Crippen LogP contribution in [0.5, 0.6) is 0 Å². The average molecular weight is 429 g/mol. The second kappa shape index (κ2) is 8.49. The molecule has 168 valence electrons. The predicted molar refractivity (Wildman–Crippen MR) is 118 cm³/mol. The van der Waals surface area contributed by atoms with Crippen LogP contribution in [0.25, 0.3) is 0 Å². The lowest BCUT2D eigenvalue weighted by Crippen LogP contribution is -2.52. The normalized spacial score (nSPS) is 22.4. The van der Waals surface area contributed by atoms with Crippen molar-refractivity contribution in [3.63, 3.8) is 0 Å². The van der Waals surface area contributed by atoms with Gasteiger partial charge < -0.3 is 14.5 Å². The molecule has 1 atom stereocenters. The first kappa shape index (κ1) is 21.6. The Kier molecular flexibility index (Phi) is 5.92. The zero-order chi connectivity index (χ0) is 22.2. The zero-order valence-electron chi connectivity index (χ0n) is 18.6. The summed E-state index contributed by atoms with van der Waals surface area (Å²) in [5.41, 5.74) is 3.12. The number of carbonyl (C=O) groups is 3. The van der Waals surface area contributed by atoms with Crippen LogP contribution in [0.1, 0.15) is 39.2 Å². The van der Waals surface area contributed by atoms with Gasteiger partial charge in [-0.05, 0) is 45.7 Å². The molecule has 1 N–H and O–H groups in total. The Morgan fingerprint density at radius 1 is 1.06 bits per heavy atom. The van der Waals surface area contributed by atoms with Gasteiger partial charge in [0.25, 0.3) is 0 Å². The average Bonchev–Trinajstić information content (AvgIpc) is 3.11. The number of piperidine rings is 1. The van der Waals surface area contributed by atoms with Crippen molar-refractivity contribution in [2.24, 2.45) is 0 Å². The van der Waals surface area contributed by atoms with Crippen LogP contribution >= 0.6 is 0 Å². The van der Waals surface area contributed by atoms with E-state index < -0.39 is 5.60 Å². The van der Waals surface area contributed by atoms with Gasteiger partial charge >= 0.3 is 5.97 Å². The maximum absolute atomic E-state index is 12.4. The molecule has 1 aromatic rings. The molecule has 0 spiro atoms. The van der Waals surface area contributed by atoms with E-state index in [1.165, 1.54) is 11.3 Å². The van der Waals surface area contributed by atoms with Crippen molar-refractivity contribution < 1.29 is 19.1 Å². The topological polar surface area (TPSA) is 82.2 Å². The molecule has 0 radical (unpaired) electrons. The summed E-state index contributed by atoms with van der Waals surface area (Å²) in [7, 11) is 0. The number of rotatable bonds is 4. The van der Waals surface area contributed by atoms with Crippen LogP contribution in [0.15, 0.2) is 18.2 Å². The highest BCUT2D eigenvalue weighted by molar-refractivity contribution is 6.02. The lowest BCUT2D eigenvalue weighted by Gasteiger charge is -2.37. The third-order valence-electron chi connectivity index (χ3n) is 6.11. The number of hydrogen-bond acceptors (Lipinski definition) is 7. The molecule has 2 fully saturated rings. The Morgan fingerprint density at radius 3 is 2.45 bits per heavy atom. The molecule has 1 aromatic carbocycles. The van der Waals surface area contributed by atoms with Crippen LogP contribution < -0.4 is 15.1 Å². The van der Waals surface area contributed by atoms with Crippen molar-refractivity contribution in [2.75, 3.05) is 49.1 Å². The molecule has 0 aliphatic carbocycles. The first-order valence-electron chi connectivity index (χ1n) is 11.1. The minimum atomic E-state index is -0.460. The number of amides is 2. The first-order valence-corrected chi connectivity index (χ1v) is 11.1. The van der Waals surface area contributed by atoms with Crippen LogP contribution in [0.3, 0.4) is 0 Å². The van der Waals surface area contributed by atoms with Crippen LogP contribution in [-0.2, 0) is 25.5 Å². The summed E-state index contributed by atoms with van der Waals surface area (Å²) in [5.74, 6) is -0.551. The molecule has 8 heteroatoms. The van der Waals surface area contributed by atoms with Gasteiger partial charge in [0.1, 0.15) is 11.6 Å². The van der Waals surface area contributed by atoms with Crippen molar-refractivity contribution in [1.29, 1.82) is 0 Å². The fourth-order valence-corrected chi connectivity index (χ4v) is 4.74. The summed E-state index contributed by atoms with van der Waals surface area (Å²) < 4.78 is 5.44. The van der Waals surface area contributed by atoms with Gasteiger partial charge in [0, 0.05) is 56.1 Å². The molecule has 3 heterocycles. The summed E-state index contributed by atoms with van der Waals surface area (Å²) in [6.45, 7) is 10.1. The van der Waals surface area contributed by atoms with Crippen LogP contribution in [0.4, 0.5) is 11.4 Å². The van der Waals surface area contributed by atoms with E-state index in [2.05, 4.69) is 32.1 Å². The molecule has 3 aliphatic rings. The Bertz CT molecular complexity index is 871. The van der Waals surface area contributed by atoms with Gasteiger partial charge in [0.05, 0.1) is 6.54 Å². The van der Waals surface area contributed by atoms with Crippen LogP contribution in [0, 0.1) is 0 Å². The van der Waals surface area contributed by atoms with E-state index >= 15 is 0 Å². The summed E-state index contributed by atoms with van der Waals surface area (Å²) >= 11 is 0. The zero-order valence-corrected chi connectivity index (χ0v) is 18.6. The van der Waals surface area contributed by atoms with Crippen molar-refractivity contribution in [2.45, 2.75) is 51.7 Å². The molecule has 8 nitrogen and oxygen atoms in total. The Hall–Kier alpha value is -2.61. The number of nitrogens with one attached hydrogen (secondary N) is 1. The largest absolute Gasteiger partial charge is 0.459 e. The van der Waals surface area contributed by atoms with Gasteiger partial charge in [-0.3, -0.25) is 24.6 Å². The molecular weight excluding hydrogens is 396 g/mol. The smallest absolute Gasteiger partial charge is 0.320 e. The van der Waals surface area contributed by atoms with Crippen molar-refractivity contribution in [1.82, 2.24) is 10.2 Å². The molecular formula is C23H32N4O4. The Balaban J connectivity index is 1.40. The van der Waals surface area contributed by atoms with Crippen molar-refractivity contribution in [3.8, 4) is 0 Å². The van der Waals surface area contributed by atoms with E-state index in [1.807, 2.05) is 26.8 Å². The fourth-order valence-electron chi connectivity index (χ4n) is 4.74. The van der Waals surface area contributed by atoms with Crippen LogP contribution in [-0.4, -0.2) is 73.6 Å². The van der Waals surface area contributed by atoms with Crippen LogP contribution in [0.2, 0.25) is 0 Å². The van der Waals surface area contributed by atoms with Gasteiger partial charge in [0.15, 0.2) is 0 Å². The number of esters is 1. The number of fused-ring (bicyclic) bond motifs is 1. The van der Waals surface area contributed by atoms with E-state index in [4.69, 9.17) is 4.74 Å². The first-order chi connectivity index (χ1) is 14.7. The maximum atomic E-state index is 12.4. The van der Waals surface area contributed by atoms with Crippen molar-refractivity contribution >= 4 is 29.2 Å². The second-order valence-electron chi connectivity index (χ2n) is 9.53.